The topological polar surface area (TPSA) is 96.3 Å². The lowest BCUT2D eigenvalue weighted by Crippen LogP contribution is -2.22. The number of nitrogens with one attached hydrogen (secondary N) is 2. The number of fused-ring (bicyclic) bond motifs is 1. The predicted octanol–water partition coefficient (Wildman–Crippen LogP) is 3.60. The molecule has 4 rings (SSSR count). The number of benzene rings is 1. The first-order valence-corrected chi connectivity index (χ1v) is 10.4. The Labute approximate surface area is 185 Å². The number of H-pyrrole nitrogens is 1. The summed E-state index contributed by atoms with van der Waals surface area (Å²) >= 11 is 0. The Bertz CT molecular complexity index is 1290. The normalized spacial score (nSPS) is 14.1. The van der Waals surface area contributed by atoms with Gasteiger partial charge in [0.15, 0.2) is 0 Å². The zero-order valence-electron chi connectivity index (χ0n) is 18.1. The van der Waals surface area contributed by atoms with Gasteiger partial charge in [-0.1, -0.05) is 18.7 Å². The summed E-state index contributed by atoms with van der Waals surface area (Å²) in [4.78, 5) is 29.1. The second-order valence-corrected chi connectivity index (χ2v) is 7.46. The van der Waals surface area contributed by atoms with Crippen molar-refractivity contribution in [2.75, 3.05) is 13.7 Å². The summed E-state index contributed by atoms with van der Waals surface area (Å²) in [5.41, 5.74) is 4.36. The maximum Gasteiger partial charge on any atom is 0.259 e. The van der Waals surface area contributed by atoms with Crippen molar-refractivity contribution in [3.8, 4) is 5.75 Å². The van der Waals surface area contributed by atoms with Gasteiger partial charge in [0.1, 0.15) is 5.75 Å². The molecular formula is C25H25N3O4. The molecule has 2 amide bonds. The Morgan fingerprint density at radius 3 is 2.59 bits per heavy atom. The number of aliphatic hydroxyl groups excluding tert-OH is 1. The molecule has 0 aliphatic carbocycles. The van der Waals surface area contributed by atoms with Crippen molar-refractivity contribution < 1.29 is 19.4 Å². The van der Waals surface area contributed by atoms with Gasteiger partial charge < -0.3 is 19.4 Å². The van der Waals surface area contributed by atoms with Gasteiger partial charge in [0.2, 0.25) is 0 Å². The van der Waals surface area contributed by atoms with Crippen LogP contribution in [0.25, 0.3) is 34.2 Å². The van der Waals surface area contributed by atoms with Crippen molar-refractivity contribution in [3.63, 3.8) is 0 Å². The summed E-state index contributed by atoms with van der Waals surface area (Å²) in [6.45, 7) is 6.35. The lowest BCUT2D eigenvalue weighted by atomic mass is 9.94. The largest absolute Gasteiger partial charge is 0.497 e. The minimum Gasteiger partial charge on any atom is -0.497 e. The molecular weight excluding hydrogens is 406 g/mol. The van der Waals surface area contributed by atoms with E-state index in [0.717, 1.165) is 22.2 Å². The first-order chi connectivity index (χ1) is 15.5. The Morgan fingerprint density at radius 2 is 1.94 bits per heavy atom. The highest BCUT2D eigenvalue weighted by atomic mass is 16.5. The van der Waals surface area contributed by atoms with E-state index in [4.69, 9.17) is 4.74 Å². The third kappa shape index (κ3) is 3.46. The van der Waals surface area contributed by atoms with Crippen LogP contribution < -0.4 is 10.1 Å². The molecule has 0 atom stereocenters. The van der Waals surface area contributed by atoms with Crippen LogP contribution in [0.2, 0.25) is 0 Å². The number of allylic oxidation sites excluding steroid dienone is 1. The maximum absolute atomic E-state index is 13.0. The van der Waals surface area contributed by atoms with Crippen LogP contribution in [-0.4, -0.2) is 40.2 Å². The Balaban J connectivity index is 2.03. The zero-order valence-corrected chi connectivity index (χ0v) is 18.1. The van der Waals surface area contributed by atoms with Crippen LogP contribution in [0.3, 0.4) is 0 Å². The fourth-order valence-corrected chi connectivity index (χ4v) is 4.17. The minimum atomic E-state index is -0.443. The van der Waals surface area contributed by atoms with Crippen LogP contribution in [0.5, 0.6) is 5.75 Å². The number of ether oxygens (including phenoxy) is 1. The molecule has 7 nitrogen and oxygen atoms in total. The van der Waals surface area contributed by atoms with E-state index >= 15 is 0 Å². The molecule has 0 saturated carbocycles. The summed E-state index contributed by atoms with van der Waals surface area (Å²) in [5.74, 6) is -0.234. The number of rotatable bonds is 8. The minimum absolute atomic E-state index is 0.0540. The molecule has 0 unspecified atom stereocenters. The SMILES string of the molecule is C=Cc1[nH]cc(C2=C(c3cn(CCCO)c4ccc(OC)cc34)C(=O)NC2=O)c1/C=C\C. The quantitative estimate of drug-likeness (QED) is 0.475. The van der Waals surface area contributed by atoms with Gasteiger partial charge in [0, 0.05) is 58.8 Å². The van der Waals surface area contributed by atoms with Gasteiger partial charge in [-0.2, -0.15) is 0 Å². The summed E-state index contributed by atoms with van der Waals surface area (Å²) in [6, 6.07) is 5.63. The van der Waals surface area contributed by atoms with Gasteiger partial charge in [0.05, 0.1) is 18.3 Å². The maximum atomic E-state index is 13.0. The average molecular weight is 431 g/mol. The van der Waals surface area contributed by atoms with Crippen LogP contribution in [-0.2, 0) is 16.1 Å². The third-order valence-corrected chi connectivity index (χ3v) is 5.61. The van der Waals surface area contributed by atoms with Gasteiger partial charge in [-0.05, 0) is 37.6 Å². The molecule has 0 radical (unpaired) electrons. The van der Waals surface area contributed by atoms with E-state index in [9.17, 15) is 14.7 Å². The molecule has 0 saturated heterocycles. The molecule has 164 valence electrons. The van der Waals surface area contributed by atoms with Crippen LogP contribution in [0.1, 0.15) is 35.7 Å². The number of amides is 2. The number of nitrogens with zero attached hydrogens (tertiary/aromatic N) is 1. The van der Waals surface area contributed by atoms with Gasteiger partial charge in [0.25, 0.3) is 11.8 Å². The lowest BCUT2D eigenvalue weighted by Gasteiger charge is -2.05. The smallest absolute Gasteiger partial charge is 0.259 e. The Kier molecular flexibility index (Phi) is 5.83. The highest BCUT2D eigenvalue weighted by Gasteiger charge is 2.35. The third-order valence-electron chi connectivity index (χ3n) is 5.61. The molecule has 0 fully saturated rings. The second kappa shape index (κ2) is 8.72. The van der Waals surface area contributed by atoms with Gasteiger partial charge >= 0.3 is 0 Å². The average Bonchev–Trinajstić information content (AvgIpc) is 3.44. The fraction of sp³-hybridized carbons (Fsp3) is 0.200. The predicted molar refractivity (Wildman–Crippen MR) is 126 cm³/mol. The molecule has 0 bridgehead atoms. The van der Waals surface area contributed by atoms with Crippen LogP contribution >= 0.6 is 0 Å². The second-order valence-electron chi connectivity index (χ2n) is 7.46. The highest BCUT2D eigenvalue weighted by molar-refractivity contribution is 6.50. The van der Waals surface area contributed by atoms with Gasteiger partial charge in [-0.25, -0.2) is 0 Å². The van der Waals surface area contributed by atoms with Crippen molar-refractivity contribution in [1.29, 1.82) is 0 Å². The number of hydrogen-bond donors (Lipinski definition) is 3. The number of aromatic amines is 1. The van der Waals surface area contributed by atoms with Crippen molar-refractivity contribution in [2.24, 2.45) is 0 Å². The molecule has 2 aromatic heterocycles. The number of aromatic nitrogens is 2. The first kappa shape index (κ1) is 21.4. The Morgan fingerprint density at radius 1 is 1.19 bits per heavy atom. The summed E-state index contributed by atoms with van der Waals surface area (Å²) < 4.78 is 7.39. The monoisotopic (exact) mass is 431 g/mol. The zero-order chi connectivity index (χ0) is 22.8. The number of imide groups is 1. The van der Waals surface area contributed by atoms with E-state index in [1.165, 1.54) is 0 Å². The van der Waals surface area contributed by atoms with E-state index in [2.05, 4.69) is 16.9 Å². The van der Waals surface area contributed by atoms with Gasteiger partial charge in [-0.15, -0.1) is 0 Å². The van der Waals surface area contributed by atoms with E-state index in [1.54, 1.807) is 19.4 Å². The van der Waals surface area contributed by atoms with Crippen LogP contribution in [0, 0.1) is 0 Å². The highest BCUT2D eigenvalue weighted by Crippen LogP contribution is 2.39. The lowest BCUT2D eigenvalue weighted by molar-refractivity contribution is -0.122. The van der Waals surface area contributed by atoms with Gasteiger partial charge in [-0.3, -0.25) is 14.9 Å². The molecule has 1 aliphatic rings. The fourth-order valence-electron chi connectivity index (χ4n) is 4.17. The number of carbonyl (C=O) groups is 2. The summed E-state index contributed by atoms with van der Waals surface area (Å²) in [6.07, 6.45) is 9.60. The number of hydrogen-bond acceptors (Lipinski definition) is 4. The molecule has 32 heavy (non-hydrogen) atoms. The van der Waals surface area contributed by atoms with Crippen molar-refractivity contribution in [3.05, 3.63) is 65.6 Å². The van der Waals surface area contributed by atoms with Crippen molar-refractivity contribution in [2.45, 2.75) is 19.9 Å². The van der Waals surface area contributed by atoms with E-state index in [1.807, 2.05) is 48.0 Å². The molecule has 1 aromatic carbocycles. The van der Waals surface area contributed by atoms with E-state index < -0.39 is 11.8 Å². The molecule has 7 heteroatoms. The number of methoxy groups -OCH3 is 1. The molecule has 1 aliphatic heterocycles. The summed E-state index contributed by atoms with van der Waals surface area (Å²) in [7, 11) is 1.58. The number of aliphatic hydroxyl groups is 1. The summed E-state index contributed by atoms with van der Waals surface area (Å²) in [5, 5.41) is 12.6. The molecule has 3 N–H and O–H groups in total. The molecule has 3 aromatic rings. The molecule has 0 spiro atoms. The molecule has 3 heterocycles. The van der Waals surface area contributed by atoms with Crippen LogP contribution in [0.15, 0.2) is 43.2 Å². The van der Waals surface area contributed by atoms with E-state index in [0.29, 0.717) is 41.0 Å². The Hall–Kier alpha value is -3.84. The standard InChI is InChI=1S/C25H25N3O4/c1-4-7-16-18(13-26-20(16)5-2)22-23(25(31)27-24(22)30)19-14-28(10-6-11-29)21-9-8-15(32-3)12-17(19)21/h4-5,7-9,12-14,26,29H,2,6,10-11H2,1,3H3,(H,27,30,31)/b7-4-. The van der Waals surface area contributed by atoms with Crippen molar-refractivity contribution >= 4 is 46.0 Å². The van der Waals surface area contributed by atoms with Crippen molar-refractivity contribution in [1.82, 2.24) is 14.9 Å². The number of aryl methyl sites for hydroxylation is 1. The van der Waals surface area contributed by atoms with E-state index in [-0.39, 0.29) is 6.61 Å². The number of carbonyl (C=O) groups excluding carboxylic acids is 2. The van der Waals surface area contributed by atoms with Crippen LogP contribution in [0.4, 0.5) is 0 Å². The first-order valence-electron chi connectivity index (χ1n) is 10.4.